The van der Waals surface area contributed by atoms with E-state index in [0.29, 0.717) is 11.1 Å². The molecule has 0 aromatic carbocycles. The van der Waals surface area contributed by atoms with Crippen molar-refractivity contribution in [1.29, 1.82) is 0 Å². The molecule has 3 aromatic rings. The molecular formula is C19H20ClN3. The predicted molar refractivity (Wildman–Crippen MR) is 94.6 cm³/mol. The molecule has 1 aliphatic carbocycles. The Hall–Kier alpha value is -1.87. The van der Waals surface area contributed by atoms with Crippen LogP contribution >= 0.6 is 11.6 Å². The Morgan fingerprint density at radius 3 is 2.70 bits per heavy atom. The fraction of sp³-hybridized carbons (Fsp3) is 0.368. The van der Waals surface area contributed by atoms with E-state index in [1.165, 1.54) is 42.5 Å². The van der Waals surface area contributed by atoms with E-state index >= 15 is 0 Å². The number of aromatic nitrogens is 3. The maximum Gasteiger partial charge on any atom is 0.137 e. The number of rotatable bonds is 2. The molecule has 0 atom stereocenters. The van der Waals surface area contributed by atoms with Gasteiger partial charge in [-0.3, -0.25) is 0 Å². The number of aryl methyl sites for hydroxylation is 2. The van der Waals surface area contributed by atoms with Gasteiger partial charge in [-0.2, -0.15) is 0 Å². The van der Waals surface area contributed by atoms with E-state index in [1.807, 2.05) is 12.3 Å². The summed E-state index contributed by atoms with van der Waals surface area (Å²) in [5.41, 5.74) is 4.75. The van der Waals surface area contributed by atoms with E-state index in [9.17, 15) is 0 Å². The lowest BCUT2D eigenvalue weighted by atomic mass is 10.0. The second kappa shape index (κ2) is 5.64. The summed E-state index contributed by atoms with van der Waals surface area (Å²) < 4.78 is 2.14. The van der Waals surface area contributed by atoms with E-state index in [0.717, 1.165) is 16.7 Å². The van der Waals surface area contributed by atoms with Crippen LogP contribution in [0, 0.1) is 13.8 Å². The average molecular weight is 326 g/mol. The Morgan fingerprint density at radius 2 is 1.91 bits per heavy atom. The summed E-state index contributed by atoms with van der Waals surface area (Å²) in [7, 11) is 0. The normalized spacial score (nSPS) is 15.6. The van der Waals surface area contributed by atoms with Crippen LogP contribution in [0.15, 0.2) is 30.6 Å². The first-order chi connectivity index (χ1) is 11.1. The SMILES string of the molecule is Cc1cc(C2CCCC2)nc(-n2cc(C)c3cnc(Cl)cc32)c1. The quantitative estimate of drug-likeness (QED) is 0.595. The lowest BCUT2D eigenvalue weighted by molar-refractivity contribution is 0.693. The summed E-state index contributed by atoms with van der Waals surface area (Å²) in [6, 6.07) is 6.31. The molecule has 4 rings (SSSR count). The highest BCUT2D eigenvalue weighted by Gasteiger charge is 2.20. The molecule has 0 aliphatic heterocycles. The lowest BCUT2D eigenvalue weighted by Crippen LogP contribution is -2.03. The van der Waals surface area contributed by atoms with Crippen molar-refractivity contribution in [2.24, 2.45) is 0 Å². The molecule has 0 radical (unpaired) electrons. The van der Waals surface area contributed by atoms with Crippen molar-refractivity contribution in [1.82, 2.24) is 14.5 Å². The average Bonchev–Trinajstić information content (AvgIpc) is 3.15. The van der Waals surface area contributed by atoms with Gasteiger partial charge in [0.25, 0.3) is 0 Å². The molecule has 0 bridgehead atoms. The van der Waals surface area contributed by atoms with Crippen molar-refractivity contribution >= 4 is 22.5 Å². The molecule has 0 saturated heterocycles. The maximum atomic E-state index is 6.11. The van der Waals surface area contributed by atoms with Crippen molar-refractivity contribution in [3.05, 3.63) is 52.6 Å². The topological polar surface area (TPSA) is 30.7 Å². The van der Waals surface area contributed by atoms with E-state index in [1.54, 1.807) is 0 Å². The van der Waals surface area contributed by atoms with Crippen molar-refractivity contribution in [3.63, 3.8) is 0 Å². The van der Waals surface area contributed by atoms with Crippen LogP contribution in [0.3, 0.4) is 0 Å². The Labute approximate surface area is 141 Å². The third-order valence-electron chi connectivity index (χ3n) is 4.85. The molecule has 1 saturated carbocycles. The van der Waals surface area contributed by atoms with Crippen molar-refractivity contribution in [2.45, 2.75) is 45.4 Å². The van der Waals surface area contributed by atoms with Crippen molar-refractivity contribution < 1.29 is 0 Å². The molecule has 1 fully saturated rings. The first-order valence-corrected chi connectivity index (χ1v) is 8.62. The molecule has 1 aliphatic rings. The van der Waals surface area contributed by atoms with Gasteiger partial charge in [-0.15, -0.1) is 0 Å². The van der Waals surface area contributed by atoms with Gasteiger partial charge in [-0.25, -0.2) is 9.97 Å². The van der Waals surface area contributed by atoms with Crippen LogP contribution in [0.1, 0.15) is 48.4 Å². The van der Waals surface area contributed by atoms with Crippen LogP contribution in [-0.2, 0) is 0 Å². The zero-order valence-corrected chi connectivity index (χ0v) is 14.3. The van der Waals surface area contributed by atoms with Gasteiger partial charge in [-0.1, -0.05) is 24.4 Å². The first-order valence-electron chi connectivity index (χ1n) is 8.24. The van der Waals surface area contributed by atoms with Crippen molar-refractivity contribution in [2.75, 3.05) is 0 Å². The lowest BCUT2D eigenvalue weighted by Gasteiger charge is -2.13. The van der Waals surface area contributed by atoms with Gasteiger partial charge in [0.15, 0.2) is 0 Å². The third kappa shape index (κ3) is 2.63. The highest BCUT2D eigenvalue weighted by Crippen LogP contribution is 2.34. The summed E-state index contributed by atoms with van der Waals surface area (Å²) in [6.07, 6.45) is 9.14. The standard InChI is InChI=1S/C19H20ClN3/c1-12-7-16(14-5-3-4-6-14)22-19(8-12)23-11-13(2)15-10-21-18(20)9-17(15)23/h7-11,14H,3-6H2,1-2H3. The summed E-state index contributed by atoms with van der Waals surface area (Å²) in [5.74, 6) is 1.59. The molecule has 4 heteroatoms. The largest absolute Gasteiger partial charge is 0.301 e. The van der Waals surface area contributed by atoms with Crippen LogP contribution < -0.4 is 0 Å². The Bertz CT molecular complexity index is 876. The number of halogens is 1. The Morgan fingerprint density at radius 1 is 1.13 bits per heavy atom. The van der Waals surface area contributed by atoms with E-state index in [-0.39, 0.29) is 0 Å². The minimum Gasteiger partial charge on any atom is -0.301 e. The highest BCUT2D eigenvalue weighted by molar-refractivity contribution is 6.30. The fourth-order valence-electron chi connectivity index (χ4n) is 3.68. The Balaban J connectivity index is 1.89. The van der Waals surface area contributed by atoms with Crippen LogP contribution in [0.25, 0.3) is 16.7 Å². The van der Waals surface area contributed by atoms with Crippen LogP contribution in [0.5, 0.6) is 0 Å². The number of hydrogen-bond donors (Lipinski definition) is 0. The summed E-state index contributed by atoms with van der Waals surface area (Å²) >= 11 is 6.11. The van der Waals surface area contributed by atoms with Gasteiger partial charge in [0.05, 0.1) is 5.52 Å². The maximum absolute atomic E-state index is 6.11. The number of pyridine rings is 2. The van der Waals surface area contributed by atoms with Crippen LogP contribution in [-0.4, -0.2) is 14.5 Å². The minimum absolute atomic E-state index is 0.514. The second-order valence-corrected chi connectivity index (χ2v) is 7.00. The summed E-state index contributed by atoms with van der Waals surface area (Å²) in [5, 5.41) is 1.64. The van der Waals surface area contributed by atoms with Gasteiger partial charge in [0, 0.05) is 35.5 Å². The molecule has 23 heavy (non-hydrogen) atoms. The Kier molecular flexibility index (Phi) is 3.61. The van der Waals surface area contributed by atoms with Gasteiger partial charge in [0.1, 0.15) is 11.0 Å². The zero-order chi connectivity index (χ0) is 16.0. The van der Waals surface area contributed by atoms with E-state index in [4.69, 9.17) is 16.6 Å². The molecule has 0 spiro atoms. The molecule has 0 amide bonds. The highest BCUT2D eigenvalue weighted by atomic mass is 35.5. The fourth-order valence-corrected chi connectivity index (χ4v) is 3.83. The van der Waals surface area contributed by atoms with Gasteiger partial charge >= 0.3 is 0 Å². The van der Waals surface area contributed by atoms with Gasteiger partial charge in [0.2, 0.25) is 0 Å². The zero-order valence-electron chi connectivity index (χ0n) is 13.5. The number of hydrogen-bond acceptors (Lipinski definition) is 2. The smallest absolute Gasteiger partial charge is 0.137 e. The molecule has 3 nitrogen and oxygen atoms in total. The number of nitrogens with zero attached hydrogens (tertiary/aromatic N) is 3. The molecule has 3 aromatic heterocycles. The molecule has 0 unspecified atom stereocenters. The molecule has 0 N–H and O–H groups in total. The van der Waals surface area contributed by atoms with E-state index < -0.39 is 0 Å². The molecule has 118 valence electrons. The third-order valence-corrected chi connectivity index (χ3v) is 5.06. The van der Waals surface area contributed by atoms with Gasteiger partial charge < -0.3 is 4.57 Å². The predicted octanol–water partition coefficient (Wildman–Crippen LogP) is 5.35. The molecular weight excluding hydrogens is 306 g/mol. The van der Waals surface area contributed by atoms with Crippen molar-refractivity contribution in [3.8, 4) is 5.82 Å². The van der Waals surface area contributed by atoms with Gasteiger partial charge in [-0.05, 0) is 49.9 Å². The molecule has 3 heterocycles. The monoisotopic (exact) mass is 325 g/mol. The second-order valence-electron chi connectivity index (χ2n) is 6.62. The number of fused-ring (bicyclic) bond motifs is 1. The summed E-state index contributed by atoms with van der Waals surface area (Å²) in [6.45, 7) is 4.25. The van der Waals surface area contributed by atoms with Crippen LogP contribution in [0.2, 0.25) is 5.15 Å². The summed E-state index contributed by atoms with van der Waals surface area (Å²) in [4.78, 5) is 9.18. The van der Waals surface area contributed by atoms with Crippen LogP contribution in [0.4, 0.5) is 0 Å². The minimum atomic E-state index is 0.514. The first kappa shape index (κ1) is 14.7. The van der Waals surface area contributed by atoms with E-state index in [2.05, 4.69) is 41.7 Å².